The largest absolute Gasteiger partial charge is 2.00 e. The molecule has 2 aromatic rings. The summed E-state index contributed by atoms with van der Waals surface area (Å²) in [5.41, 5.74) is 2.85. The van der Waals surface area contributed by atoms with Crippen LogP contribution in [-0.4, -0.2) is 0 Å². The van der Waals surface area contributed by atoms with Crippen LogP contribution in [0.2, 0.25) is 0 Å². The molecule has 1 fully saturated rings. The Hall–Kier alpha value is -1.05. The Kier molecular flexibility index (Phi) is 9.18. The summed E-state index contributed by atoms with van der Waals surface area (Å²) in [4.78, 5) is 0. The van der Waals surface area contributed by atoms with Crippen LogP contribution in [0.5, 0.6) is 0 Å². The zero-order chi connectivity index (χ0) is 14.9. The maximum atomic E-state index is 3.07. The van der Waals surface area contributed by atoms with Crippen LogP contribution in [0.15, 0.2) is 54.6 Å². The molecule has 22 heavy (non-hydrogen) atoms. The summed E-state index contributed by atoms with van der Waals surface area (Å²) in [6.07, 6.45) is 7.07. The molecule has 3 rings (SSSR count). The summed E-state index contributed by atoms with van der Waals surface area (Å²) in [6.45, 7) is 4.24. The molecule has 0 aliphatic heterocycles. The van der Waals surface area contributed by atoms with E-state index < -0.39 is 0 Å². The molecule has 2 aromatic carbocycles. The normalized spacial score (nSPS) is 14.3. The first-order chi connectivity index (χ1) is 10.3. The summed E-state index contributed by atoms with van der Waals surface area (Å²) < 4.78 is 0. The zero-order valence-corrected chi connectivity index (χ0v) is 16.2. The Labute approximate surface area is 149 Å². The second-order valence-corrected chi connectivity index (χ2v) is 6.03. The van der Waals surface area contributed by atoms with Gasteiger partial charge in [0.05, 0.1) is 0 Å². The molecule has 0 unspecified atom stereocenters. The fourth-order valence-corrected chi connectivity index (χ4v) is 2.88. The van der Waals surface area contributed by atoms with Crippen LogP contribution in [0.3, 0.4) is 0 Å². The first-order valence-electron chi connectivity index (χ1n) is 8.09. The molecule has 0 N–H and O–H groups in total. The minimum Gasteiger partial charge on any atom is -0.189 e. The van der Waals surface area contributed by atoms with Gasteiger partial charge >= 0.3 is 19.8 Å². The molecule has 0 aromatic heterocycles. The van der Waals surface area contributed by atoms with Gasteiger partial charge in [-0.1, -0.05) is 39.2 Å². The van der Waals surface area contributed by atoms with Crippen LogP contribution in [0.25, 0.3) is 0 Å². The standard InChI is InChI=1S/C12H15.C9H11.Os/c1-3-7-11(8-4-1)12-9-5-2-6-10-12;1-8(2)9-6-4-3-5-7-9;/h5-6,9-11H,1,3-4,7-8H2;3-7H,1-2H3;/q2*-1;+2. The van der Waals surface area contributed by atoms with Crippen molar-refractivity contribution in [3.05, 3.63) is 77.7 Å². The van der Waals surface area contributed by atoms with E-state index in [2.05, 4.69) is 56.3 Å². The molecule has 0 atom stereocenters. The second kappa shape index (κ2) is 10.6. The van der Waals surface area contributed by atoms with E-state index in [1.807, 2.05) is 18.2 Å². The van der Waals surface area contributed by atoms with Crippen LogP contribution < -0.4 is 0 Å². The molecule has 0 amide bonds. The first kappa shape index (κ1) is 19.0. The Balaban J connectivity index is 0.000000219. The monoisotopic (exact) mass is 470 g/mol. The van der Waals surface area contributed by atoms with Crippen molar-refractivity contribution in [3.8, 4) is 0 Å². The topological polar surface area (TPSA) is 0 Å². The van der Waals surface area contributed by atoms with Crippen molar-refractivity contribution in [2.45, 2.75) is 51.9 Å². The Morgan fingerprint density at radius 2 is 1.45 bits per heavy atom. The van der Waals surface area contributed by atoms with Crippen LogP contribution >= 0.6 is 0 Å². The van der Waals surface area contributed by atoms with Crippen molar-refractivity contribution in [1.29, 1.82) is 0 Å². The molecule has 118 valence electrons. The Morgan fingerprint density at radius 3 is 1.95 bits per heavy atom. The smallest absolute Gasteiger partial charge is 0.189 e. The van der Waals surface area contributed by atoms with E-state index in [4.69, 9.17) is 0 Å². The predicted octanol–water partition coefficient (Wildman–Crippen LogP) is 6.18. The molecular formula is C21H26Os. The molecule has 1 aliphatic carbocycles. The van der Waals surface area contributed by atoms with Gasteiger partial charge in [0.15, 0.2) is 0 Å². The fraction of sp³-hybridized carbons (Fsp3) is 0.381. The van der Waals surface area contributed by atoms with Crippen LogP contribution in [0, 0.1) is 12.0 Å². The van der Waals surface area contributed by atoms with Gasteiger partial charge in [-0.15, -0.1) is 12.1 Å². The van der Waals surface area contributed by atoms with Crippen molar-refractivity contribution in [3.63, 3.8) is 0 Å². The third-order valence-electron chi connectivity index (χ3n) is 4.17. The molecule has 1 heteroatoms. The summed E-state index contributed by atoms with van der Waals surface area (Å²) in [7, 11) is 0. The summed E-state index contributed by atoms with van der Waals surface area (Å²) in [5.74, 6) is 2.21. The fourth-order valence-electron chi connectivity index (χ4n) is 2.88. The van der Waals surface area contributed by atoms with Crippen molar-refractivity contribution >= 4 is 0 Å². The third-order valence-corrected chi connectivity index (χ3v) is 4.17. The molecule has 1 saturated carbocycles. The molecule has 1 aliphatic rings. The minimum absolute atomic E-state index is 0. The van der Waals surface area contributed by atoms with Gasteiger partial charge in [0.1, 0.15) is 0 Å². The summed E-state index contributed by atoms with van der Waals surface area (Å²) >= 11 is 0. The Bertz CT molecular complexity index is 484. The van der Waals surface area contributed by atoms with Gasteiger partial charge in [-0.25, -0.2) is 0 Å². The van der Waals surface area contributed by atoms with Crippen LogP contribution in [0.4, 0.5) is 0 Å². The van der Waals surface area contributed by atoms with Crippen molar-refractivity contribution in [2.24, 2.45) is 0 Å². The van der Waals surface area contributed by atoms with E-state index in [0.29, 0.717) is 0 Å². The quantitative estimate of drug-likeness (QED) is 0.462. The second-order valence-electron chi connectivity index (χ2n) is 6.03. The van der Waals surface area contributed by atoms with Crippen molar-refractivity contribution < 1.29 is 19.8 Å². The molecule has 0 spiro atoms. The average molecular weight is 469 g/mol. The SMILES string of the molecule is C[C-](C)c1ccccc1.[Os+2].[c-]1ccc(C2CCCCC2)cc1. The summed E-state index contributed by atoms with van der Waals surface area (Å²) in [5, 5.41) is 0. The van der Waals surface area contributed by atoms with E-state index in [9.17, 15) is 0 Å². The van der Waals surface area contributed by atoms with Gasteiger partial charge in [-0.05, 0) is 18.8 Å². The van der Waals surface area contributed by atoms with E-state index in [1.165, 1.54) is 49.1 Å². The van der Waals surface area contributed by atoms with Gasteiger partial charge in [0, 0.05) is 0 Å². The molecular weight excluding hydrogens is 442 g/mol. The van der Waals surface area contributed by atoms with E-state index in [0.717, 1.165) is 5.92 Å². The van der Waals surface area contributed by atoms with Crippen molar-refractivity contribution in [2.75, 3.05) is 0 Å². The third kappa shape index (κ3) is 6.37. The van der Waals surface area contributed by atoms with Crippen LogP contribution in [0.1, 0.15) is 63.0 Å². The maximum Gasteiger partial charge on any atom is 2.00 e. The maximum absolute atomic E-state index is 3.07. The summed E-state index contributed by atoms with van der Waals surface area (Å²) in [6, 6.07) is 22.0. The molecule has 0 radical (unpaired) electrons. The number of benzene rings is 2. The molecule has 0 nitrogen and oxygen atoms in total. The zero-order valence-electron chi connectivity index (χ0n) is 13.7. The van der Waals surface area contributed by atoms with Crippen molar-refractivity contribution in [1.82, 2.24) is 0 Å². The average Bonchev–Trinajstić information content (AvgIpc) is 2.58. The van der Waals surface area contributed by atoms with E-state index in [-0.39, 0.29) is 19.8 Å². The molecule has 0 heterocycles. The van der Waals surface area contributed by atoms with Gasteiger partial charge in [0.2, 0.25) is 0 Å². The number of hydrogen-bond donors (Lipinski definition) is 0. The molecule has 0 saturated heterocycles. The first-order valence-corrected chi connectivity index (χ1v) is 8.09. The Morgan fingerprint density at radius 1 is 0.864 bits per heavy atom. The number of rotatable bonds is 2. The molecule has 0 bridgehead atoms. The van der Waals surface area contributed by atoms with E-state index >= 15 is 0 Å². The van der Waals surface area contributed by atoms with Gasteiger partial charge in [-0.3, -0.25) is 0 Å². The van der Waals surface area contributed by atoms with E-state index in [1.54, 1.807) is 0 Å². The van der Waals surface area contributed by atoms with Gasteiger partial charge in [0.25, 0.3) is 0 Å². The predicted molar refractivity (Wildman–Crippen MR) is 91.2 cm³/mol. The van der Waals surface area contributed by atoms with Gasteiger partial charge < -0.3 is 0 Å². The van der Waals surface area contributed by atoms with Gasteiger partial charge in [-0.2, -0.15) is 59.5 Å². The minimum atomic E-state index is 0. The number of hydrogen-bond acceptors (Lipinski definition) is 0. The van der Waals surface area contributed by atoms with Crippen LogP contribution in [-0.2, 0) is 19.8 Å².